The van der Waals surface area contributed by atoms with Crippen molar-refractivity contribution < 1.29 is 4.74 Å². The number of rotatable bonds is 5. The minimum Gasteiger partial charge on any atom is -0.497 e. The first-order chi connectivity index (χ1) is 22.6. The Morgan fingerprint density at radius 1 is 0.565 bits per heavy atom. The summed E-state index contributed by atoms with van der Waals surface area (Å²) in [5.41, 5.74) is 12.9. The maximum atomic E-state index is 5.50. The third-order valence-electron chi connectivity index (χ3n) is 8.67. The molecule has 5 heteroatoms. The van der Waals surface area contributed by atoms with Gasteiger partial charge in [-0.1, -0.05) is 88.7 Å². The standard InChI is InChI=1S/C41H30BrN3O/c1-27-16-25-39(45-37-14-8-6-12-35(37)44(31-10-4-3-5-11-31)36-13-7-9-15-38(36)45)41-40(27)33(28-19-23-32(46-2)24-20-28)26-34(43-41)29-17-21-30(42)22-18-29/h3-26H,1-2H3. The Balaban J connectivity index is 1.43. The van der Waals surface area contributed by atoms with Gasteiger partial charge in [0.2, 0.25) is 0 Å². The lowest BCUT2D eigenvalue weighted by Gasteiger charge is -2.40. The molecule has 4 nitrogen and oxygen atoms in total. The molecule has 0 saturated heterocycles. The minimum absolute atomic E-state index is 0.831. The van der Waals surface area contributed by atoms with Crippen molar-refractivity contribution in [2.45, 2.75) is 6.92 Å². The van der Waals surface area contributed by atoms with Gasteiger partial charge in [-0.25, -0.2) is 4.98 Å². The van der Waals surface area contributed by atoms with Crippen molar-refractivity contribution in [2.24, 2.45) is 0 Å². The number of hydrogen-bond acceptors (Lipinski definition) is 4. The Bertz CT molecular complexity index is 2170. The zero-order valence-electron chi connectivity index (χ0n) is 25.5. The number of pyridine rings is 1. The number of fused-ring (bicyclic) bond motifs is 3. The average molecular weight is 661 g/mol. The van der Waals surface area contributed by atoms with Crippen molar-refractivity contribution >= 4 is 61.0 Å². The molecule has 6 aromatic carbocycles. The number of methoxy groups -OCH3 is 1. The molecule has 0 spiro atoms. The van der Waals surface area contributed by atoms with Crippen LogP contribution in [0.3, 0.4) is 0 Å². The molecule has 0 saturated carbocycles. The van der Waals surface area contributed by atoms with Gasteiger partial charge in [0.1, 0.15) is 5.75 Å². The number of halogens is 1. The van der Waals surface area contributed by atoms with Crippen LogP contribution in [0.25, 0.3) is 33.3 Å². The quantitative estimate of drug-likeness (QED) is 0.184. The molecular formula is C41H30BrN3O. The molecule has 0 unspecified atom stereocenters. The van der Waals surface area contributed by atoms with Crippen molar-refractivity contribution in [3.63, 3.8) is 0 Å². The van der Waals surface area contributed by atoms with Crippen LogP contribution in [0, 0.1) is 6.92 Å². The molecule has 8 rings (SSSR count). The number of para-hydroxylation sites is 5. The van der Waals surface area contributed by atoms with E-state index in [0.29, 0.717) is 0 Å². The number of ether oxygens (including phenoxy) is 1. The predicted molar refractivity (Wildman–Crippen MR) is 195 cm³/mol. The number of benzene rings is 6. The fourth-order valence-corrected chi connectivity index (χ4v) is 6.77. The van der Waals surface area contributed by atoms with Gasteiger partial charge in [0.25, 0.3) is 0 Å². The van der Waals surface area contributed by atoms with Gasteiger partial charge in [-0.2, -0.15) is 0 Å². The lowest BCUT2D eigenvalue weighted by molar-refractivity contribution is 0.415. The normalized spacial score (nSPS) is 12.2. The number of nitrogens with zero attached hydrogens (tertiary/aromatic N) is 3. The predicted octanol–water partition coefficient (Wildman–Crippen LogP) is 11.9. The molecule has 0 bridgehead atoms. The molecule has 0 atom stereocenters. The second kappa shape index (κ2) is 11.5. The molecule has 0 radical (unpaired) electrons. The van der Waals surface area contributed by atoms with Gasteiger partial charge < -0.3 is 14.5 Å². The summed E-state index contributed by atoms with van der Waals surface area (Å²) < 4.78 is 6.53. The van der Waals surface area contributed by atoms with Crippen LogP contribution in [0.2, 0.25) is 0 Å². The van der Waals surface area contributed by atoms with E-state index in [1.165, 1.54) is 5.56 Å². The summed E-state index contributed by atoms with van der Waals surface area (Å²) in [4.78, 5) is 10.2. The van der Waals surface area contributed by atoms with Gasteiger partial charge in [-0.15, -0.1) is 0 Å². The third-order valence-corrected chi connectivity index (χ3v) is 9.20. The molecule has 0 aliphatic carbocycles. The number of aromatic nitrogens is 1. The van der Waals surface area contributed by atoms with Crippen molar-refractivity contribution in [3.8, 4) is 28.1 Å². The molecule has 222 valence electrons. The summed E-state index contributed by atoms with van der Waals surface area (Å²) in [7, 11) is 1.70. The molecule has 1 aliphatic rings. The van der Waals surface area contributed by atoms with Crippen LogP contribution >= 0.6 is 15.9 Å². The van der Waals surface area contributed by atoms with Crippen LogP contribution in [0.1, 0.15) is 5.56 Å². The van der Waals surface area contributed by atoms with Crippen molar-refractivity contribution in [3.05, 3.63) is 156 Å². The number of hydrogen-bond donors (Lipinski definition) is 0. The number of anilines is 6. The van der Waals surface area contributed by atoms with Crippen LogP contribution < -0.4 is 14.5 Å². The van der Waals surface area contributed by atoms with Gasteiger partial charge >= 0.3 is 0 Å². The lowest BCUT2D eigenvalue weighted by Crippen LogP contribution is -2.24. The Morgan fingerprint density at radius 2 is 1.13 bits per heavy atom. The van der Waals surface area contributed by atoms with E-state index in [4.69, 9.17) is 9.72 Å². The van der Waals surface area contributed by atoms with Crippen molar-refractivity contribution in [1.29, 1.82) is 0 Å². The Morgan fingerprint density at radius 3 is 1.74 bits per heavy atom. The van der Waals surface area contributed by atoms with Crippen molar-refractivity contribution in [2.75, 3.05) is 16.9 Å². The van der Waals surface area contributed by atoms with E-state index in [9.17, 15) is 0 Å². The van der Waals surface area contributed by atoms with Crippen LogP contribution in [0.4, 0.5) is 34.1 Å². The van der Waals surface area contributed by atoms with Gasteiger partial charge in [0.05, 0.1) is 46.8 Å². The average Bonchev–Trinajstić information content (AvgIpc) is 3.11. The van der Waals surface area contributed by atoms with Gasteiger partial charge in [-0.05, 0) is 96.4 Å². The Hall–Kier alpha value is -5.39. The van der Waals surface area contributed by atoms with Crippen LogP contribution in [0.5, 0.6) is 5.75 Å². The molecule has 0 fully saturated rings. The summed E-state index contributed by atoms with van der Waals surface area (Å²) in [5, 5.41) is 1.13. The fraction of sp³-hybridized carbons (Fsp3) is 0.0488. The summed E-state index contributed by atoms with van der Waals surface area (Å²) >= 11 is 3.61. The van der Waals surface area contributed by atoms with E-state index in [1.807, 2.05) is 12.1 Å². The molecule has 7 aromatic rings. The second-order valence-electron chi connectivity index (χ2n) is 11.4. The zero-order chi connectivity index (χ0) is 31.2. The lowest BCUT2D eigenvalue weighted by atomic mass is 9.94. The highest BCUT2D eigenvalue weighted by Crippen LogP contribution is 2.55. The number of aryl methyl sites for hydroxylation is 1. The zero-order valence-corrected chi connectivity index (χ0v) is 27.1. The molecule has 0 amide bonds. The molecular weight excluding hydrogens is 630 g/mol. The first-order valence-electron chi connectivity index (χ1n) is 15.3. The first kappa shape index (κ1) is 28.1. The Labute approximate surface area is 277 Å². The minimum atomic E-state index is 0.831. The highest BCUT2D eigenvalue weighted by molar-refractivity contribution is 9.10. The Kier molecular flexibility index (Phi) is 7.04. The summed E-state index contributed by atoms with van der Waals surface area (Å²) in [6.07, 6.45) is 0. The van der Waals surface area contributed by atoms with E-state index in [0.717, 1.165) is 77.6 Å². The molecule has 0 N–H and O–H groups in total. The van der Waals surface area contributed by atoms with E-state index >= 15 is 0 Å². The topological polar surface area (TPSA) is 28.6 Å². The summed E-state index contributed by atoms with van der Waals surface area (Å²) in [6, 6.07) is 51.2. The van der Waals surface area contributed by atoms with E-state index in [2.05, 4.69) is 166 Å². The maximum Gasteiger partial charge on any atom is 0.118 e. The molecule has 1 aliphatic heterocycles. The van der Waals surface area contributed by atoms with Gasteiger partial charge in [0.15, 0.2) is 0 Å². The molecule has 1 aromatic heterocycles. The van der Waals surface area contributed by atoms with Gasteiger partial charge in [-0.3, -0.25) is 0 Å². The highest BCUT2D eigenvalue weighted by atomic mass is 79.9. The highest BCUT2D eigenvalue weighted by Gasteiger charge is 2.31. The largest absolute Gasteiger partial charge is 0.497 e. The van der Waals surface area contributed by atoms with E-state index in [-0.39, 0.29) is 0 Å². The van der Waals surface area contributed by atoms with E-state index < -0.39 is 0 Å². The molecule has 2 heterocycles. The van der Waals surface area contributed by atoms with Crippen LogP contribution in [-0.2, 0) is 0 Å². The van der Waals surface area contributed by atoms with Crippen LogP contribution in [0.15, 0.2) is 150 Å². The van der Waals surface area contributed by atoms with Crippen LogP contribution in [-0.4, -0.2) is 12.1 Å². The van der Waals surface area contributed by atoms with E-state index in [1.54, 1.807) is 7.11 Å². The summed E-state index contributed by atoms with van der Waals surface area (Å²) in [5.74, 6) is 0.831. The first-order valence-corrected chi connectivity index (χ1v) is 16.1. The SMILES string of the molecule is COc1ccc(-c2cc(-c3ccc(Br)cc3)nc3c(N4c5ccccc5N(c5ccccc5)c5ccccc54)ccc(C)c23)cc1. The maximum absolute atomic E-state index is 5.50. The second-order valence-corrected chi connectivity index (χ2v) is 12.3. The fourth-order valence-electron chi connectivity index (χ4n) is 6.50. The van der Waals surface area contributed by atoms with Crippen molar-refractivity contribution in [1.82, 2.24) is 4.98 Å². The molecule has 46 heavy (non-hydrogen) atoms. The third kappa shape index (κ3) is 4.72. The monoisotopic (exact) mass is 659 g/mol. The smallest absolute Gasteiger partial charge is 0.118 e. The van der Waals surface area contributed by atoms with Gasteiger partial charge in [0, 0.05) is 21.1 Å². The summed E-state index contributed by atoms with van der Waals surface area (Å²) in [6.45, 7) is 2.18.